The molecule has 39 valence electrons. The van der Waals surface area contributed by atoms with Crippen LogP contribution in [0.2, 0.25) is 0 Å². The molecule has 1 nitrogen and oxygen atoms in total. The monoisotopic (exact) mass is 97.1 g/mol. The molecule has 0 rings (SSSR count). The van der Waals surface area contributed by atoms with Gasteiger partial charge in [-0.15, -0.1) is 0 Å². The van der Waals surface area contributed by atoms with Gasteiger partial charge in [0.05, 0.1) is 0 Å². The molecule has 0 aromatic heterocycles. The second kappa shape index (κ2) is 5.41. The van der Waals surface area contributed by atoms with E-state index in [1.165, 1.54) is 6.08 Å². The summed E-state index contributed by atoms with van der Waals surface area (Å²) in [6.45, 7) is 2.06. The lowest BCUT2D eigenvalue weighted by Crippen LogP contribution is -1.61. The van der Waals surface area contributed by atoms with Gasteiger partial charge in [-0.2, -0.15) is 0 Å². The Morgan fingerprint density at radius 3 is 2.86 bits per heavy atom. The highest BCUT2D eigenvalue weighted by molar-refractivity contribution is 5.65. The Hall–Kier alpha value is -0.590. The van der Waals surface area contributed by atoms with E-state index in [2.05, 4.69) is 6.92 Å². The first-order valence-corrected chi connectivity index (χ1v) is 2.44. The van der Waals surface area contributed by atoms with Crippen molar-refractivity contribution in [3.8, 4) is 0 Å². The second-order valence-corrected chi connectivity index (χ2v) is 1.31. The summed E-state index contributed by atoms with van der Waals surface area (Å²) in [6, 6.07) is 0. The first-order chi connectivity index (χ1) is 3.41. The van der Waals surface area contributed by atoms with Crippen LogP contribution in [-0.2, 0) is 4.79 Å². The molecule has 0 saturated carbocycles. The van der Waals surface area contributed by atoms with Gasteiger partial charge in [-0.25, -0.2) is 0 Å². The summed E-state index contributed by atoms with van der Waals surface area (Å²) in [7, 11) is 0. The Morgan fingerprint density at radius 1 is 1.71 bits per heavy atom. The van der Waals surface area contributed by atoms with Crippen LogP contribution in [0.3, 0.4) is 0 Å². The molecule has 0 amide bonds. The third-order valence-corrected chi connectivity index (χ3v) is 0.641. The molecule has 0 saturated heterocycles. The first kappa shape index (κ1) is 6.41. The summed E-state index contributed by atoms with van der Waals surface area (Å²) in [5.41, 5.74) is 0. The van der Waals surface area contributed by atoms with Crippen LogP contribution in [0.4, 0.5) is 0 Å². The molecule has 0 atom stereocenters. The lowest BCUT2D eigenvalue weighted by atomic mass is 10.3. The summed E-state index contributed by atoms with van der Waals surface area (Å²) < 4.78 is 0. The number of hydrogen-bond donors (Lipinski definition) is 0. The molecular formula is C6H9O. The molecule has 0 heterocycles. The largest absolute Gasteiger partial charge is 0.286 e. The predicted octanol–water partition coefficient (Wildman–Crippen LogP) is 1.45. The van der Waals surface area contributed by atoms with Crippen molar-refractivity contribution in [1.29, 1.82) is 0 Å². The van der Waals surface area contributed by atoms with Crippen LogP contribution in [0.1, 0.15) is 19.8 Å². The molecule has 0 aliphatic rings. The fourth-order valence-corrected chi connectivity index (χ4v) is 0.298. The van der Waals surface area contributed by atoms with E-state index in [4.69, 9.17) is 0 Å². The molecule has 0 bridgehead atoms. The zero-order valence-corrected chi connectivity index (χ0v) is 4.48. The Morgan fingerprint density at radius 2 is 2.43 bits per heavy atom. The molecule has 0 aliphatic carbocycles. The van der Waals surface area contributed by atoms with E-state index in [9.17, 15) is 4.79 Å². The van der Waals surface area contributed by atoms with E-state index in [0.717, 1.165) is 12.8 Å². The number of hydrogen-bond acceptors (Lipinski definition) is 1. The van der Waals surface area contributed by atoms with Crippen molar-refractivity contribution in [2.45, 2.75) is 19.8 Å². The molecule has 0 aromatic rings. The summed E-state index contributed by atoms with van der Waals surface area (Å²) >= 11 is 0. The predicted molar refractivity (Wildman–Crippen MR) is 29.7 cm³/mol. The Labute approximate surface area is 44.0 Å². The third-order valence-electron chi connectivity index (χ3n) is 0.641. The smallest absolute Gasteiger partial charge is 0.225 e. The summed E-state index contributed by atoms with van der Waals surface area (Å²) in [5, 5.41) is 0. The summed E-state index contributed by atoms with van der Waals surface area (Å²) in [5.74, 6) is 0. The molecule has 0 aliphatic heterocycles. The van der Waals surface area contributed by atoms with E-state index >= 15 is 0 Å². The Bertz CT molecular complexity index is 64.6. The topological polar surface area (TPSA) is 17.1 Å². The lowest BCUT2D eigenvalue weighted by Gasteiger charge is -1.75. The van der Waals surface area contributed by atoms with Gasteiger partial charge in [0.15, 0.2) is 0 Å². The normalized spacial score (nSPS) is 9.86. The Balaban J connectivity index is 2.92. The van der Waals surface area contributed by atoms with E-state index in [1.54, 1.807) is 6.29 Å². The minimum absolute atomic E-state index is 0.981. The fourth-order valence-electron chi connectivity index (χ4n) is 0.298. The maximum atomic E-state index is 9.47. The van der Waals surface area contributed by atoms with Gasteiger partial charge in [-0.05, 0) is 12.5 Å². The molecule has 0 N–H and O–H groups in total. The standard InChI is InChI=1S/C6H9O/c1-2-3-4-5-6-7/h4-5H,2-3H2,1H3. The number of unbranched alkanes of at least 4 members (excludes halogenated alkanes) is 1. The van der Waals surface area contributed by atoms with Gasteiger partial charge < -0.3 is 0 Å². The minimum atomic E-state index is 0.981. The minimum Gasteiger partial charge on any atom is -0.286 e. The average Bonchev–Trinajstić information content (AvgIpc) is 1.69. The number of carbonyl (C=O) groups excluding carboxylic acids is 1. The van der Waals surface area contributed by atoms with Crippen molar-refractivity contribution in [2.75, 3.05) is 0 Å². The van der Waals surface area contributed by atoms with Gasteiger partial charge in [-0.3, -0.25) is 4.79 Å². The molecule has 1 radical (unpaired) electrons. The van der Waals surface area contributed by atoms with Crippen LogP contribution < -0.4 is 0 Å². The lowest BCUT2D eigenvalue weighted by molar-refractivity contribution is 0.564. The van der Waals surface area contributed by atoms with Crippen molar-refractivity contribution in [1.82, 2.24) is 0 Å². The fraction of sp³-hybridized carbons (Fsp3) is 0.500. The molecular weight excluding hydrogens is 88.1 g/mol. The van der Waals surface area contributed by atoms with E-state index in [0.29, 0.717) is 0 Å². The average molecular weight is 97.1 g/mol. The van der Waals surface area contributed by atoms with Gasteiger partial charge in [0.25, 0.3) is 0 Å². The van der Waals surface area contributed by atoms with Crippen molar-refractivity contribution in [3.05, 3.63) is 12.2 Å². The SMILES string of the molecule is CCCC=C[C]=O. The maximum absolute atomic E-state index is 9.47. The van der Waals surface area contributed by atoms with Crippen LogP contribution in [-0.4, -0.2) is 6.29 Å². The number of rotatable bonds is 3. The van der Waals surface area contributed by atoms with Gasteiger partial charge in [0.2, 0.25) is 6.29 Å². The maximum Gasteiger partial charge on any atom is 0.225 e. The summed E-state index contributed by atoms with van der Waals surface area (Å²) in [6.07, 6.45) is 6.97. The van der Waals surface area contributed by atoms with E-state index in [1.807, 2.05) is 6.08 Å². The van der Waals surface area contributed by atoms with Gasteiger partial charge in [0.1, 0.15) is 0 Å². The van der Waals surface area contributed by atoms with Gasteiger partial charge in [0, 0.05) is 0 Å². The third kappa shape index (κ3) is 5.41. The second-order valence-electron chi connectivity index (χ2n) is 1.31. The van der Waals surface area contributed by atoms with E-state index < -0.39 is 0 Å². The van der Waals surface area contributed by atoms with Crippen molar-refractivity contribution < 1.29 is 4.79 Å². The zero-order valence-electron chi connectivity index (χ0n) is 4.48. The van der Waals surface area contributed by atoms with Crippen LogP contribution in [0.15, 0.2) is 12.2 Å². The highest BCUT2D eigenvalue weighted by Gasteiger charge is 1.68. The van der Waals surface area contributed by atoms with Crippen molar-refractivity contribution in [2.24, 2.45) is 0 Å². The van der Waals surface area contributed by atoms with Crippen LogP contribution in [0.25, 0.3) is 0 Å². The van der Waals surface area contributed by atoms with Crippen molar-refractivity contribution in [3.63, 3.8) is 0 Å². The van der Waals surface area contributed by atoms with Gasteiger partial charge >= 0.3 is 0 Å². The zero-order chi connectivity index (χ0) is 5.54. The molecule has 0 unspecified atom stereocenters. The highest BCUT2D eigenvalue weighted by Crippen LogP contribution is 1.85. The molecule has 0 spiro atoms. The van der Waals surface area contributed by atoms with Crippen LogP contribution in [0, 0.1) is 0 Å². The van der Waals surface area contributed by atoms with Gasteiger partial charge in [-0.1, -0.05) is 19.4 Å². The molecule has 0 fully saturated rings. The Kier molecular flexibility index (Phi) is 4.95. The highest BCUT2D eigenvalue weighted by atomic mass is 16.1. The van der Waals surface area contributed by atoms with Crippen LogP contribution in [0.5, 0.6) is 0 Å². The number of allylic oxidation sites excluding steroid dienone is 2. The van der Waals surface area contributed by atoms with Crippen molar-refractivity contribution >= 4 is 6.29 Å². The quantitative estimate of drug-likeness (QED) is 0.487. The molecule has 7 heavy (non-hydrogen) atoms. The van der Waals surface area contributed by atoms with E-state index in [-0.39, 0.29) is 0 Å². The summed E-state index contributed by atoms with van der Waals surface area (Å²) in [4.78, 5) is 9.47. The van der Waals surface area contributed by atoms with Crippen LogP contribution >= 0.6 is 0 Å². The molecule has 0 aromatic carbocycles. The first-order valence-electron chi connectivity index (χ1n) is 2.44. The molecule has 1 heteroatoms.